The number of hydrogen-bond donors (Lipinski definition) is 12. The van der Waals surface area contributed by atoms with Gasteiger partial charge in [-0.1, -0.05) is 140 Å². The second-order valence-corrected chi connectivity index (χ2v) is 19.3. The van der Waals surface area contributed by atoms with E-state index in [0.717, 1.165) is 44.9 Å². The number of nitrogens with one attached hydrogen (secondary N) is 1. The molecule has 0 aromatic rings. The van der Waals surface area contributed by atoms with Crippen LogP contribution in [0.2, 0.25) is 0 Å². The number of carbonyl (C=O) groups excluding carboxylic acids is 1. The fourth-order valence-electron chi connectivity index (χ4n) is 8.93. The third-order valence-corrected chi connectivity index (χ3v) is 13.4. The maximum absolute atomic E-state index is 13.2. The standard InChI is InChI=1S/C52H93NO18/c1-3-5-7-9-11-13-14-15-16-17-18-19-20-22-23-25-27-29-36(57)35(53-40(58)30-28-26-24-21-12-10-8-6-4-2)34-66-50-46(64)43(61)48(38(32-55)68-50)71-52-47(65)44(62)49(39(33-56)69-52)70-51-45(63)42(60)41(59)37(31-54)67-51/h16-17,20,22,27,29,35-39,41-52,54-57,59-65H,3-15,18-19,21,23-26,28,30-34H2,1-2H3,(H,53,58)/b17-16+,22-20+,29-27+. The van der Waals surface area contributed by atoms with Crippen LogP contribution in [0.15, 0.2) is 36.5 Å². The first-order chi connectivity index (χ1) is 34.3. The van der Waals surface area contributed by atoms with Crippen molar-refractivity contribution in [1.29, 1.82) is 0 Å². The van der Waals surface area contributed by atoms with Crippen molar-refractivity contribution >= 4 is 5.91 Å². The Balaban J connectivity index is 1.56. The lowest BCUT2D eigenvalue weighted by atomic mass is 9.96. The van der Waals surface area contributed by atoms with Gasteiger partial charge in [-0.2, -0.15) is 0 Å². The smallest absolute Gasteiger partial charge is 0.220 e. The van der Waals surface area contributed by atoms with Crippen molar-refractivity contribution < 1.29 is 89.4 Å². The van der Waals surface area contributed by atoms with E-state index in [4.69, 9.17) is 28.4 Å². The summed E-state index contributed by atoms with van der Waals surface area (Å²) in [7, 11) is 0. The molecule has 0 aromatic carbocycles. The van der Waals surface area contributed by atoms with Crippen LogP contribution in [0.1, 0.15) is 155 Å². The van der Waals surface area contributed by atoms with Crippen LogP contribution in [0.25, 0.3) is 0 Å². The summed E-state index contributed by atoms with van der Waals surface area (Å²) in [6.45, 7) is 1.62. The highest BCUT2D eigenvalue weighted by Gasteiger charge is 2.53. The SMILES string of the molecule is CCCCCCCCC/C=C/CC/C=C/CC/C=C/C(O)C(COC1OC(CO)C(OC2OC(CO)C(OC3OC(CO)C(O)C(O)C3O)C(O)C2O)C(O)C1O)NC(=O)CCCCCCCCCCC. The van der Waals surface area contributed by atoms with E-state index >= 15 is 0 Å². The Morgan fingerprint density at radius 2 is 0.901 bits per heavy atom. The molecule has 0 spiro atoms. The summed E-state index contributed by atoms with van der Waals surface area (Å²) in [5.74, 6) is -0.296. The molecule has 0 aromatic heterocycles. The Labute approximate surface area is 421 Å². The largest absolute Gasteiger partial charge is 0.394 e. The number of aliphatic hydroxyl groups is 11. The summed E-state index contributed by atoms with van der Waals surface area (Å²) in [4.78, 5) is 13.2. The van der Waals surface area contributed by atoms with Crippen LogP contribution < -0.4 is 5.32 Å². The topological polar surface area (TPSA) is 307 Å². The van der Waals surface area contributed by atoms with Gasteiger partial charge in [0, 0.05) is 6.42 Å². The van der Waals surface area contributed by atoms with Gasteiger partial charge in [-0.3, -0.25) is 4.79 Å². The van der Waals surface area contributed by atoms with E-state index in [9.17, 15) is 61.0 Å². The van der Waals surface area contributed by atoms with E-state index < -0.39 is 124 Å². The number of ether oxygens (including phenoxy) is 6. The molecule has 3 heterocycles. The molecule has 17 unspecified atom stereocenters. The highest BCUT2D eigenvalue weighted by Crippen LogP contribution is 2.33. The zero-order valence-electron chi connectivity index (χ0n) is 42.4. The van der Waals surface area contributed by atoms with Crippen LogP contribution in [0.4, 0.5) is 0 Å². The highest BCUT2D eigenvalue weighted by molar-refractivity contribution is 5.76. The fraction of sp³-hybridized carbons (Fsp3) is 0.865. The lowest BCUT2D eigenvalue weighted by molar-refractivity contribution is -0.379. The van der Waals surface area contributed by atoms with Crippen molar-refractivity contribution in [3.63, 3.8) is 0 Å². The molecule has 0 saturated carbocycles. The lowest BCUT2D eigenvalue weighted by Crippen LogP contribution is -2.66. The molecule has 3 fully saturated rings. The summed E-state index contributed by atoms with van der Waals surface area (Å²) in [6, 6.07) is -0.990. The normalized spacial score (nSPS) is 32.5. The zero-order chi connectivity index (χ0) is 52.0. The third kappa shape index (κ3) is 22.4. The molecule has 17 atom stereocenters. The fourth-order valence-corrected chi connectivity index (χ4v) is 8.93. The van der Waals surface area contributed by atoms with Gasteiger partial charge in [-0.15, -0.1) is 0 Å². The molecule has 71 heavy (non-hydrogen) atoms. The van der Waals surface area contributed by atoms with Crippen molar-refractivity contribution in [1.82, 2.24) is 5.32 Å². The molecule has 0 bridgehead atoms. The van der Waals surface area contributed by atoms with Crippen LogP contribution in [-0.4, -0.2) is 193 Å². The molecule has 1 amide bonds. The maximum atomic E-state index is 13.2. The van der Waals surface area contributed by atoms with Crippen LogP contribution in [0, 0.1) is 0 Å². The summed E-state index contributed by atoms with van der Waals surface area (Å²) >= 11 is 0. The molecule has 3 aliphatic heterocycles. The predicted octanol–water partition coefficient (Wildman–Crippen LogP) is 2.59. The van der Waals surface area contributed by atoms with E-state index in [1.807, 2.05) is 6.08 Å². The monoisotopic (exact) mass is 1020 g/mol. The van der Waals surface area contributed by atoms with Crippen LogP contribution in [-0.2, 0) is 33.2 Å². The van der Waals surface area contributed by atoms with Gasteiger partial charge in [0.2, 0.25) is 5.91 Å². The molecule has 414 valence electrons. The molecule has 0 aliphatic carbocycles. The first-order valence-electron chi connectivity index (χ1n) is 26.7. The number of allylic oxidation sites excluding steroid dienone is 5. The predicted molar refractivity (Wildman–Crippen MR) is 263 cm³/mol. The van der Waals surface area contributed by atoms with Crippen molar-refractivity contribution in [3.8, 4) is 0 Å². The molecule has 12 N–H and O–H groups in total. The van der Waals surface area contributed by atoms with E-state index in [0.29, 0.717) is 12.8 Å². The molecule has 0 radical (unpaired) electrons. The minimum atomic E-state index is -1.98. The van der Waals surface area contributed by atoms with Crippen molar-refractivity contribution in [2.24, 2.45) is 0 Å². The Kier molecular flexibility index (Phi) is 32.9. The number of hydrogen-bond acceptors (Lipinski definition) is 18. The van der Waals surface area contributed by atoms with Gasteiger partial charge in [0.05, 0.1) is 38.6 Å². The Hall–Kier alpha value is -1.99. The van der Waals surface area contributed by atoms with Gasteiger partial charge < -0.3 is 89.9 Å². The number of unbranched alkanes of at least 4 members (excludes halogenated alkanes) is 17. The first-order valence-corrected chi connectivity index (χ1v) is 26.7. The Morgan fingerprint density at radius 1 is 0.493 bits per heavy atom. The van der Waals surface area contributed by atoms with E-state index in [1.165, 1.54) is 77.0 Å². The summed E-state index contributed by atoms with van der Waals surface area (Å²) < 4.78 is 34.1. The molecular formula is C52H93NO18. The minimum Gasteiger partial charge on any atom is -0.394 e. The summed E-state index contributed by atoms with van der Waals surface area (Å²) in [5.41, 5.74) is 0. The average molecular weight is 1020 g/mol. The van der Waals surface area contributed by atoms with Crippen LogP contribution >= 0.6 is 0 Å². The molecular weight excluding hydrogens is 927 g/mol. The van der Waals surface area contributed by atoms with Gasteiger partial charge >= 0.3 is 0 Å². The van der Waals surface area contributed by atoms with Crippen molar-refractivity contribution in [2.45, 2.75) is 259 Å². The van der Waals surface area contributed by atoms with Crippen LogP contribution in [0.5, 0.6) is 0 Å². The van der Waals surface area contributed by atoms with E-state index in [2.05, 4.69) is 43.5 Å². The number of carbonyl (C=O) groups is 1. The van der Waals surface area contributed by atoms with Crippen molar-refractivity contribution in [2.75, 3.05) is 26.4 Å². The molecule has 3 rings (SSSR count). The van der Waals surface area contributed by atoms with Gasteiger partial charge in [-0.25, -0.2) is 0 Å². The van der Waals surface area contributed by atoms with Crippen molar-refractivity contribution in [3.05, 3.63) is 36.5 Å². The number of amides is 1. The third-order valence-electron chi connectivity index (χ3n) is 13.4. The summed E-state index contributed by atoms with van der Waals surface area (Å²) in [5, 5.41) is 120. The maximum Gasteiger partial charge on any atom is 0.220 e. The molecule has 3 saturated heterocycles. The van der Waals surface area contributed by atoms with Crippen LogP contribution in [0.3, 0.4) is 0 Å². The Bertz CT molecular complexity index is 1450. The molecule has 19 nitrogen and oxygen atoms in total. The highest BCUT2D eigenvalue weighted by atomic mass is 16.8. The van der Waals surface area contributed by atoms with Gasteiger partial charge in [0.1, 0.15) is 73.2 Å². The summed E-state index contributed by atoms with van der Waals surface area (Å²) in [6.07, 6.45) is 8.74. The molecule has 19 heteroatoms. The quantitative estimate of drug-likeness (QED) is 0.0314. The van der Waals surface area contributed by atoms with E-state index in [-0.39, 0.29) is 18.9 Å². The number of aliphatic hydroxyl groups excluding tert-OH is 11. The first kappa shape index (κ1) is 63.3. The minimum absolute atomic E-state index is 0.232. The van der Waals surface area contributed by atoms with Gasteiger partial charge in [-0.05, 0) is 44.9 Å². The van der Waals surface area contributed by atoms with E-state index in [1.54, 1.807) is 6.08 Å². The Morgan fingerprint density at radius 3 is 1.41 bits per heavy atom. The lowest BCUT2D eigenvalue weighted by Gasteiger charge is -2.48. The second-order valence-electron chi connectivity index (χ2n) is 19.3. The molecule has 3 aliphatic rings. The average Bonchev–Trinajstić information content (AvgIpc) is 3.36. The van der Waals surface area contributed by atoms with Gasteiger partial charge in [0.25, 0.3) is 0 Å². The number of rotatable bonds is 37. The van der Waals surface area contributed by atoms with Gasteiger partial charge in [0.15, 0.2) is 18.9 Å². The second kappa shape index (κ2) is 36.9. The zero-order valence-corrected chi connectivity index (χ0v) is 42.4.